The van der Waals surface area contributed by atoms with Crippen molar-refractivity contribution in [2.75, 3.05) is 30.4 Å². The fraction of sp³-hybridized carbons (Fsp3) is 0.478. The Morgan fingerprint density at radius 2 is 2.00 bits per heavy atom. The molecule has 10 heteroatoms. The highest BCUT2D eigenvalue weighted by molar-refractivity contribution is 6.30. The van der Waals surface area contributed by atoms with E-state index in [4.69, 9.17) is 26.2 Å². The highest BCUT2D eigenvalue weighted by Crippen LogP contribution is 2.40. The number of hydrogen-bond acceptors (Lipinski definition) is 8. The van der Waals surface area contributed by atoms with Crippen LogP contribution in [0.15, 0.2) is 36.5 Å². The third-order valence-corrected chi connectivity index (χ3v) is 6.63. The fourth-order valence-corrected chi connectivity index (χ4v) is 5.07. The first-order chi connectivity index (χ1) is 16.1. The number of ether oxygens (including phenoxy) is 2. The SMILES string of the molecule is CCCn1nc(NC2C3CCC2CN(c2cnnc(OC)c2)C3)nc1Oc1cccc(Cl)c1. The van der Waals surface area contributed by atoms with Crippen molar-refractivity contribution in [1.29, 1.82) is 0 Å². The lowest BCUT2D eigenvalue weighted by Gasteiger charge is -2.39. The van der Waals surface area contributed by atoms with E-state index in [-0.39, 0.29) is 0 Å². The van der Waals surface area contributed by atoms with Crippen molar-refractivity contribution in [2.45, 2.75) is 38.8 Å². The van der Waals surface area contributed by atoms with Gasteiger partial charge in [-0.15, -0.1) is 10.2 Å². The Hall–Kier alpha value is -3.07. The number of hydrogen-bond donors (Lipinski definition) is 1. The fourth-order valence-electron chi connectivity index (χ4n) is 4.89. The van der Waals surface area contributed by atoms with Gasteiger partial charge in [-0.1, -0.05) is 24.6 Å². The van der Waals surface area contributed by atoms with E-state index in [0.717, 1.165) is 31.7 Å². The van der Waals surface area contributed by atoms with Crippen molar-refractivity contribution in [2.24, 2.45) is 11.8 Å². The van der Waals surface area contributed by atoms with Crippen LogP contribution in [0.2, 0.25) is 5.02 Å². The van der Waals surface area contributed by atoms with Crippen molar-refractivity contribution in [3.05, 3.63) is 41.6 Å². The molecule has 3 heterocycles. The van der Waals surface area contributed by atoms with Gasteiger partial charge in [-0.25, -0.2) is 4.68 Å². The van der Waals surface area contributed by atoms with Gasteiger partial charge in [-0.2, -0.15) is 10.1 Å². The number of nitrogens with one attached hydrogen (secondary N) is 1. The molecule has 1 saturated carbocycles. The maximum atomic E-state index is 6.10. The topological polar surface area (TPSA) is 90.2 Å². The van der Waals surface area contributed by atoms with Crippen LogP contribution in [0.5, 0.6) is 17.6 Å². The first-order valence-corrected chi connectivity index (χ1v) is 11.8. The molecule has 5 rings (SSSR count). The molecular weight excluding hydrogens is 442 g/mol. The number of benzene rings is 1. The van der Waals surface area contributed by atoms with Gasteiger partial charge < -0.3 is 19.7 Å². The van der Waals surface area contributed by atoms with E-state index in [1.165, 1.54) is 12.8 Å². The number of methoxy groups -OCH3 is 1. The Kier molecular flexibility index (Phi) is 6.22. The first-order valence-electron chi connectivity index (χ1n) is 11.4. The second-order valence-electron chi connectivity index (χ2n) is 8.63. The number of nitrogens with zero attached hydrogens (tertiary/aromatic N) is 6. The van der Waals surface area contributed by atoms with E-state index in [1.54, 1.807) is 13.2 Å². The van der Waals surface area contributed by atoms with Gasteiger partial charge in [0.2, 0.25) is 11.8 Å². The average molecular weight is 470 g/mol. The Morgan fingerprint density at radius 3 is 2.73 bits per heavy atom. The van der Waals surface area contributed by atoms with Gasteiger partial charge in [-0.05, 0) is 49.3 Å². The summed E-state index contributed by atoms with van der Waals surface area (Å²) in [4.78, 5) is 7.05. The molecule has 33 heavy (non-hydrogen) atoms. The lowest BCUT2D eigenvalue weighted by atomic mass is 9.92. The molecule has 0 radical (unpaired) electrons. The number of piperidine rings is 1. The van der Waals surface area contributed by atoms with Crippen molar-refractivity contribution in [3.63, 3.8) is 0 Å². The Balaban J connectivity index is 1.30. The minimum absolute atomic E-state index is 0.328. The summed E-state index contributed by atoms with van der Waals surface area (Å²) in [6.45, 7) is 4.73. The summed E-state index contributed by atoms with van der Waals surface area (Å²) in [6, 6.07) is 10.1. The molecule has 0 spiro atoms. The van der Waals surface area contributed by atoms with E-state index in [9.17, 15) is 0 Å². The smallest absolute Gasteiger partial charge is 0.322 e. The molecule has 9 nitrogen and oxygen atoms in total. The minimum atomic E-state index is 0.328. The van der Waals surface area contributed by atoms with Crippen LogP contribution in [0.3, 0.4) is 0 Å². The molecule has 1 aliphatic heterocycles. The molecule has 2 aliphatic rings. The minimum Gasteiger partial charge on any atom is -0.480 e. The number of halogens is 1. The summed E-state index contributed by atoms with van der Waals surface area (Å²) < 4.78 is 13.1. The van der Waals surface area contributed by atoms with Crippen LogP contribution in [0, 0.1) is 11.8 Å². The maximum absolute atomic E-state index is 6.10. The van der Waals surface area contributed by atoms with Gasteiger partial charge >= 0.3 is 6.01 Å². The third-order valence-electron chi connectivity index (χ3n) is 6.40. The molecule has 2 unspecified atom stereocenters. The largest absolute Gasteiger partial charge is 0.480 e. The predicted octanol–water partition coefficient (Wildman–Crippen LogP) is 4.26. The van der Waals surface area contributed by atoms with Crippen molar-refractivity contribution < 1.29 is 9.47 Å². The summed E-state index contributed by atoms with van der Waals surface area (Å²) in [5, 5.41) is 17.0. The van der Waals surface area contributed by atoms with Crippen LogP contribution in [-0.4, -0.2) is 51.2 Å². The van der Waals surface area contributed by atoms with Crippen molar-refractivity contribution in [1.82, 2.24) is 25.0 Å². The van der Waals surface area contributed by atoms with Crippen LogP contribution in [0.25, 0.3) is 0 Å². The van der Waals surface area contributed by atoms with Crippen molar-refractivity contribution >= 4 is 23.2 Å². The van der Waals surface area contributed by atoms with Gasteiger partial charge in [0.05, 0.1) is 19.0 Å². The van der Waals surface area contributed by atoms with E-state index in [1.807, 2.05) is 35.1 Å². The molecule has 1 saturated heterocycles. The molecule has 0 amide bonds. The molecule has 2 atom stereocenters. The number of aromatic nitrogens is 5. The van der Waals surface area contributed by atoms with E-state index in [0.29, 0.717) is 46.5 Å². The molecule has 1 aliphatic carbocycles. The lowest BCUT2D eigenvalue weighted by molar-refractivity contribution is 0.372. The standard InChI is InChI=1S/C23H28ClN7O2/c1-3-9-31-23(33-19-6-4-5-17(24)10-19)27-22(29-31)26-21-15-7-8-16(21)14-30(13-15)18-11-20(32-2)28-25-12-18/h4-6,10-12,15-16,21H,3,7-9,13-14H2,1-2H3,(H,26,29). The van der Waals surface area contributed by atoms with Gasteiger partial charge in [0.15, 0.2) is 0 Å². The van der Waals surface area contributed by atoms with Crippen LogP contribution in [-0.2, 0) is 6.54 Å². The van der Waals surface area contributed by atoms with Crippen LogP contribution in [0.1, 0.15) is 26.2 Å². The normalized spacial score (nSPS) is 21.8. The maximum Gasteiger partial charge on any atom is 0.322 e. The summed E-state index contributed by atoms with van der Waals surface area (Å²) in [5.74, 6) is 2.80. The first kappa shape index (κ1) is 21.8. The Morgan fingerprint density at radius 1 is 1.18 bits per heavy atom. The summed E-state index contributed by atoms with van der Waals surface area (Å²) >= 11 is 6.10. The number of aryl methyl sites for hydroxylation is 1. The molecule has 174 valence electrons. The second-order valence-corrected chi connectivity index (χ2v) is 9.07. The molecule has 2 bridgehead atoms. The highest BCUT2D eigenvalue weighted by Gasteiger charge is 2.42. The number of anilines is 2. The summed E-state index contributed by atoms with van der Waals surface area (Å²) in [6.07, 6.45) is 5.09. The molecule has 1 aromatic carbocycles. The number of rotatable bonds is 8. The van der Waals surface area contributed by atoms with Gasteiger partial charge in [0.1, 0.15) is 5.75 Å². The quantitative estimate of drug-likeness (QED) is 0.523. The third kappa shape index (κ3) is 4.68. The van der Waals surface area contributed by atoms with E-state index >= 15 is 0 Å². The molecule has 2 aromatic heterocycles. The predicted molar refractivity (Wildman–Crippen MR) is 126 cm³/mol. The second kappa shape index (κ2) is 9.43. The Bertz CT molecular complexity index is 1090. The van der Waals surface area contributed by atoms with E-state index in [2.05, 4.69) is 32.3 Å². The van der Waals surface area contributed by atoms with E-state index < -0.39 is 0 Å². The van der Waals surface area contributed by atoms with Gasteiger partial charge in [-0.3, -0.25) is 0 Å². The monoisotopic (exact) mass is 469 g/mol. The lowest BCUT2D eigenvalue weighted by Crippen LogP contribution is -2.48. The average Bonchev–Trinajstić information content (AvgIpc) is 3.28. The van der Waals surface area contributed by atoms with Crippen LogP contribution in [0.4, 0.5) is 11.6 Å². The Labute approximate surface area is 198 Å². The zero-order valence-electron chi connectivity index (χ0n) is 18.8. The van der Waals surface area contributed by atoms with Gasteiger partial charge in [0.25, 0.3) is 0 Å². The van der Waals surface area contributed by atoms with Crippen LogP contribution < -0.4 is 19.7 Å². The zero-order chi connectivity index (χ0) is 22.8. The summed E-state index contributed by atoms with van der Waals surface area (Å²) in [5.41, 5.74) is 1.06. The molecule has 3 aromatic rings. The molecule has 2 fully saturated rings. The number of fused-ring (bicyclic) bond motifs is 2. The molecule has 1 N–H and O–H groups in total. The summed E-state index contributed by atoms with van der Waals surface area (Å²) in [7, 11) is 1.61. The zero-order valence-corrected chi connectivity index (χ0v) is 19.6. The highest BCUT2D eigenvalue weighted by atomic mass is 35.5. The van der Waals surface area contributed by atoms with Crippen LogP contribution >= 0.6 is 11.6 Å². The molecular formula is C23H28ClN7O2. The van der Waals surface area contributed by atoms with Gasteiger partial charge in [0, 0.05) is 36.8 Å². The van der Waals surface area contributed by atoms with Crippen molar-refractivity contribution in [3.8, 4) is 17.6 Å².